The van der Waals surface area contributed by atoms with Crippen molar-refractivity contribution < 1.29 is 19.4 Å². The molecule has 0 aromatic heterocycles. The lowest BCUT2D eigenvalue weighted by atomic mass is 10.4. The average molecular weight is 218 g/mol. The average Bonchev–Trinajstić information content (AvgIpc) is 2.25. The van der Waals surface area contributed by atoms with Gasteiger partial charge in [0.1, 0.15) is 0 Å². The summed E-state index contributed by atoms with van der Waals surface area (Å²) in [4.78, 5) is 22.0. The number of hydrogen-bond donors (Lipinski definition) is 3. The molecule has 0 spiro atoms. The van der Waals surface area contributed by atoms with E-state index in [2.05, 4.69) is 10.6 Å². The van der Waals surface area contributed by atoms with Crippen molar-refractivity contribution in [2.75, 3.05) is 32.9 Å². The molecule has 88 valence electrons. The van der Waals surface area contributed by atoms with E-state index in [4.69, 9.17) is 9.84 Å². The van der Waals surface area contributed by atoms with Gasteiger partial charge in [-0.1, -0.05) is 0 Å². The third-order valence-electron chi connectivity index (χ3n) is 1.56. The van der Waals surface area contributed by atoms with Crippen LogP contribution in [0.25, 0.3) is 0 Å². The Morgan fingerprint density at radius 1 is 1.20 bits per heavy atom. The zero-order valence-corrected chi connectivity index (χ0v) is 8.91. The van der Waals surface area contributed by atoms with Crippen LogP contribution in [0.2, 0.25) is 0 Å². The summed E-state index contributed by atoms with van der Waals surface area (Å²) in [5.41, 5.74) is 0. The van der Waals surface area contributed by atoms with Crippen LogP contribution >= 0.6 is 0 Å². The summed E-state index contributed by atoms with van der Waals surface area (Å²) < 4.78 is 5.06. The van der Waals surface area contributed by atoms with Gasteiger partial charge in [0.05, 0.1) is 6.61 Å². The molecule has 0 saturated carbocycles. The number of carbonyl (C=O) groups is 2. The van der Waals surface area contributed by atoms with Crippen molar-refractivity contribution in [2.24, 2.45) is 0 Å². The molecule has 0 radical (unpaired) electrons. The lowest BCUT2D eigenvalue weighted by Crippen LogP contribution is -2.41. The number of ether oxygens (including phenoxy) is 1. The SMILES string of the molecule is CCOCCCNC(=O)C(=O)NCCO. The Labute approximate surface area is 89.0 Å². The zero-order valence-electron chi connectivity index (χ0n) is 8.91. The summed E-state index contributed by atoms with van der Waals surface area (Å²) in [5.74, 6) is -1.40. The van der Waals surface area contributed by atoms with Crippen LogP contribution in [0.15, 0.2) is 0 Å². The molecule has 0 heterocycles. The molecule has 0 aromatic carbocycles. The second-order valence-corrected chi connectivity index (χ2v) is 2.79. The predicted octanol–water partition coefficient (Wildman–Crippen LogP) is -1.36. The van der Waals surface area contributed by atoms with Crippen molar-refractivity contribution in [3.8, 4) is 0 Å². The third-order valence-corrected chi connectivity index (χ3v) is 1.56. The molecule has 2 amide bonds. The van der Waals surface area contributed by atoms with Crippen LogP contribution in [0.1, 0.15) is 13.3 Å². The highest BCUT2D eigenvalue weighted by Crippen LogP contribution is 1.80. The minimum absolute atomic E-state index is 0.0885. The van der Waals surface area contributed by atoms with E-state index in [-0.39, 0.29) is 13.2 Å². The van der Waals surface area contributed by atoms with E-state index < -0.39 is 11.8 Å². The Balaban J connectivity index is 3.43. The first kappa shape index (κ1) is 13.9. The number of aliphatic hydroxyl groups excluding tert-OH is 1. The molecule has 0 saturated heterocycles. The molecule has 0 fully saturated rings. The minimum atomic E-state index is -0.722. The van der Waals surface area contributed by atoms with Gasteiger partial charge in [-0.2, -0.15) is 0 Å². The van der Waals surface area contributed by atoms with Gasteiger partial charge in [-0.25, -0.2) is 0 Å². The van der Waals surface area contributed by atoms with Gasteiger partial charge in [-0.05, 0) is 13.3 Å². The first-order valence-electron chi connectivity index (χ1n) is 4.97. The second-order valence-electron chi connectivity index (χ2n) is 2.79. The van der Waals surface area contributed by atoms with Gasteiger partial charge in [0.15, 0.2) is 0 Å². The molecule has 0 rings (SSSR count). The first-order valence-corrected chi connectivity index (χ1v) is 4.97. The quantitative estimate of drug-likeness (QED) is 0.364. The van der Waals surface area contributed by atoms with Crippen LogP contribution in [0.3, 0.4) is 0 Å². The highest BCUT2D eigenvalue weighted by Gasteiger charge is 2.10. The first-order chi connectivity index (χ1) is 7.22. The van der Waals surface area contributed by atoms with E-state index in [0.29, 0.717) is 26.2 Å². The predicted molar refractivity (Wildman–Crippen MR) is 54.2 cm³/mol. The van der Waals surface area contributed by atoms with Crippen molar-refractivity contribution in [1.82, 2.24) is 10.6 Å². The van der Waals surface area contributed by atoms with Crippen LogP contribution in [0.4, 0.5) is 0 Å². The summed E-state index contributed by atoms with van der Waals surface area (Å²) in [7, 11) is 0. The lowest BCUT2D eigenvalue weighted by Gasteiger charge is -2.05. The van der Waals surface area contributed by atoms with Crippen LogP contribution in [-0.4, -0.2) is 49.8 Å². The monoisotopic (exact) mass is 218 g/mol. The molecule has 0 aliphatic carbocycles. The topological polar surface area (TPSA) is 87.7 Å². The van der Waals surface area contributed by atoms with Gasteiger partial charge in [-0.3, -0.25) is 9.59 Å². The zero-order chi connectivity index (χ0) is 11.5. The van der Waals surface area contributed by atoms with Crippen molar-refractivity contribution in [3.05, 3.63) is 0 Å². The van der Waals surface area contributed by atoms with E-state index in [0.717, 1.165) is 0 Å². The molecule has 6 nitrogen and oxygen atoms in total. The highest BCUT2D eigenvalue weighted by molar-refractivity contribution is 6.35. The standard InChI is InChI=1S/C9H18N2O4/c1-2-15-7-3-4-10-8(13)9(14)11-5-6-12/h12H,2-7H2,1H3,(H,10,13)(H,11,14). The van der Waals surface area contributed by atoms with Crippen molar-refractivity contribution in [3.63, 3.8) is 0 Å². The molecule has 0 aliphatic heterocycles. The van der Waals surface area contributed by atoms with Gasteiger partial charge in [-0.15, -0.1) is 0 Å². The van der Waals surface area contributed by atoms with Crippen LogP contribution < -0.4 is 10.6 Å². The maximum atomic E-state index is 11.0. The number of carbonyl (C=O) groups excluding carboxylic acids is 2. The molecule has 0 unspecified atom stereocenters. The fraction of sp³-hybridized carbons (Fsp3) is 0.778. The third kappa shape index (κ3) is 7.90. The number of nitrogens with one attached hydrogen (secondary N) is 2. The van der Waals surface area contributed by atoms with E-state index >= 15 is 0 Å². The molecule has 6 heteroatoms. The summed E-state index contributed by atoms with van der Waals surface area (Å²) in [6, 6.07) is 0. The molecule has 0 aromatic rings. The molecule has 0 aliphatic rings. The lowest BCUT2D eigenvalue weighted by molar-refractivity contribution is -0.139. The van der Waals surface area contributed by atoms with Crippen molar-refractivity contribution in [2.45, 2.75) is 13.3 Å². The minimum Gasteiger partial charge on any atom is -0.395 e. The second kappa shape index (κ2) is 9.42. The van der Waals surface area contributed by atoms with Gasteiger partial charge in [0, 0.05) is 26.3 Å². The Morgan fingerprint density at radius 3 is 2.33 bits per heavy atom. The number of amides is 2. The van der Waals surface area contributed by atoms with Crippen LogP contribution in [-0.2, 0) is 14.3 Å². The van der Waals surface area contributed by atoms with E-state index in [1.807, 2.05) is 6.92 Å². The summed E-state index contributed by atoms with van der Waals surface area (Å²) in [5, 5.41) is 13.1. The van der Waals surface area contributed by atoms with Gasteiger partial charge < -0.3 is 20.5 Å². The van der Waals surface area contributed by atoms with Crippen molar-refractivity contribution in [1.29, 1.82) is 0 Å². The fourth-order valence-electron chi connectivity index (χ4n) is 0.850. The maximum Gasteiger partial charge on any atom is 0.309 e. The number of hydrogen-bond acceptors (Lipinski definition) is 4. The van der Waals surface area contributed by atoms with Crippen molar-refractivity contribution >= 4 is 11.8 Å². The molecular formula is C9H18N2O4. The highest BCUT2D eigenvalue weighted by atomic mass is 16.5. The fourth-order valence-corrected chi connectivity index (χ4v) is 0.850. The Kier molecular flexibility index (Phi) is 8.70. The van der Waals surface area contributed by atoms with E-state index in [9.17, 15) is 9.59 Å². The van der Waals surface area contributed by atoms with Gasteiger partial charge in [0.25, 0.3) is 0 Å². The summed E-state index contributed by atoms with van der Waals surface area (Å²) in [6.07, 6.45) is 0.673. The molecule has 0 bridgehead atoms. The van der Waals surface area contributed by atoms with Crippen LogP contribution in [0.5, 0.6) is 0 Å². The van der Waals surface area contributed by atoms with E-state index in [1.165, 1.54) is 0 Å². The largest absolute Gasteiger partial charge is 0.395 e. The molecule has 3 N–H and O–H groups in total. The van der Waals surface area contributed by atoms with Gasteiger partial charge in [0.2, 0.25) is 0 Å². The maximum absolute atomic E-state index is 11.0. The summed E-state index contributed by atoms with van der Waals surface area (Å²) >= 11 is 0. The molecule has 0 atom stereocenters. The van der Waals surface area contributed by atoms with Crippen LogP contribution in [0, 0.1) is 0 Å². The summed E-state index contributed by atoms with van der Waals surface area (Å²) in [6.45, 7) is 3.42. The smallest absolute Gasteiger partial charge is 0.309 e. The molecular weight excluding hydrogens is 200 g/mol. The van der Waals surface area contributed by atoms with E-state index in [1.54, 1.807) is 0 Å². The molecule has 15 heavy (non-hydrogen) atoms. The Morgan fingerprint density at radius 2 is 1.80 bits per heavy atom. The normalized spacial score (nSPS) is 9.73. The Bertz CT molecular complexity index is 197. The van der Waals surface area contributed by atoms with Gasteiger partial charge >= 0.3 is 11.8 Å². The number of aliphatic hydroxyl groups is 1. The Hall–Kier alpha value is -1.14. The number of rotatable bonds is 7.